The van der Waals surface area contributed by atoms with Crippen molar-refractivity contribution < 1.29 is 14.6 Å². The lowest BCUT2D eigenvalue weighted by Crippen LogP contribution is -2.10. The van der Waals surface area contributed by atoms with Crippen LogP contribution in [0.1, 0.15) is 27.3 Å². The van der Waals surface area contributed by atoms with Crippen molar-refractivity contribution in [3.05, 3.63) is 41.0 Å². The van der Waals surface area contributed by atoms with Crippen LogP contribution in [0.2, 0.25) is 0 Å². The lowest BCUT2D eigenvalue weighted by atomic mass is 10.2. The van der Waals surface area contributed by atoms with Gasteiger partial charge in [-0.25, -0.2) is 9.48 Å². The van der Waals surface area contributed by atoms with Gasteiger partial charge < -0.3 is 9.84 Å². The lowest BCUT2D eigenvalue weighted by molar-refractivity contribution is 0.0684. The van der Waals surface area contributed by atoms with Gasteiger partial charge in [0.25, 0.3) is 0 Å². The number of aromatic carboxylic acids is 1. The molecule has 0 atom stereocenters. The molecule has 0 saturated heterocycles. The van der Waals surface area contributed by atoms with Gasteiger partial charge in [0.05, 0.1) is 18.8 Å². The molecule has 0 amide bonds. The quantitative estimate of drug-likeness (QED) is 0.860. The summed E-state index contributed by atoms with van der Waals surface area (Å²) in [6, 6.07) is 1.96. The Hall–Kier alpha value is -2.28. The van der Waals surface area contributed by atoms with Gasteiger partial charge >= 0.3 is 5.97 Å². The van der Waals surface area contributed by atoms with Crippen LogP contribution in [0.4, 0.5) is 0 Å². The molecule has 0 unspecified atom stereocenters. The molecule has 2 aromatic heterocycles. The number of aromatic nitrogens is 4. The Morgan fingerprint density at radius 2 is 2.26 bits per heavy atom. The number of hydrogen-bond donors (Lipinski definition) is 1. The summed E-state index contributed by atoms with van der Waals surface area (Å²) in [5.74, 6) is -1.11. The van der Waals surface area contributed by atoms with E-state index in [0.29, 0.717) is 12.2 Å². The van der Waals surface area contributed by atoms with E-state index in [1.54, 1.807) is 12.4 Å². The molecule has 7 heteroatoms. The fraction of sp³-hybridized carbons (Fsp3) is 0.333. The van der Waals surface area contributed by atoms with E-state index in [1.165, 1.54) is 11.8 Å². The van der Waals surface area contributed by atoms with Crippen molar-refractivity contribution in [3.8, 4) is 0 Å². The van der Waals surface area contributed by atoms with Crippen LogP contribution >= 0.6 is 0 Å². The molecular weight excluding hydrogens is 248 g/mol. The van der Waals surface area contributed by atoms with Gasteiger partial charge in [-0.3, -0.25) is 4.98 Å². The fourth-order valence-electron chi connectivity index (χ4n) is 1.78. The summed E-state index contributed by atoms with van der Waals surface area (Å²) in [5.41, 5.74) is 2.32. The summed E-state index contributed by atoms with van der Waals surface area (Å²) in [6.07, 6.45) is 3.47. The second kappa shape index (κ2) is 5.57. The zero-order chi connectivity index (χ0) is 13.8. The highest BCUT2D eigenvalue weighted by atomic mass is 16.5. The standard InChI is InChI=1S/C12H14N4O3/c1-8-3-9(5-13-4-8)6-16-10(7-19-2)11(12(17)18)14-15-16/h3-5H,6-7H2,1-2H3,(H,17,18). The number of nitrogens with zero attached hydrogens (tertiary/aromatic N) is 4. The van der Waals surface area contributed by atoms with E-state index in [1.807, 2.05) is 13.0 Å². The molecular formula is C12H14N4O3. The highest BCUT2D eigenvalue weighted by Gasteiger charge is 2.18. The number of rotatable bonds is 5. The summed E-state index contributed by atoms with van der Waals surface area (Å²) in [7, 11) is 1.50. The molecule has 2 rings (SSSR count). The first-order chi connectivity index (χ1) is 9.11. The molecule has 0 aliphatic rings. The number of methoxy groups -OCH3 is 1. The maximum absolute atomic E-state index is 11.0. The molecule has 100 valence electrons. The van der Waals surface area contributed by atoms with Crippen LogP contribution in [0.3, 0.4) is 0 Å². The van der Waals surface area contributed by atoms with Crippen LogP contribution in [0.15, 0.2) is 18.5 Å². The van der Waals surface area contributed by atoms with Gasteiger partial charge in [0.2, 0.25) is 0 Å². The van der Waals surface area contributed by atoms with Gasteiger partial charge in [-0.15, -0.1) is 5.10 Å². The van der Waals surface area contributed by atoms with Gasteiger partial charge in [-0.05, 0) is 18.1 Å². The Kier molecular flexibility index (Phi) is 3.86. The van der Waals surface area contributed by atoms with Crippen LogP contribution in [-0.2, 0) is 17.9 Å². The molecule has 0 saturated carbocycles. The molecule has 0 aromatic carbocycles. The van der Waals surface area contributed by atoms with Crippen LogP contribution in [0, 0.1) is 6.92 Å². The van der Waals surface area contributed by atoms with E-state index in [2.05, 4.69) is 15.3 Å². The molecule has 2 heterocycles. The molecule has 2 aromatic rings. The first-order valence-electron chi connectivity index (χ1n) is 5.67. The summed E-state index contributed by atoms with van der Waals surface area (Å²) < 4.78 is 6.52. The Balaban J connectivity index is 2.32. The Morgan fingerprint density at radius 1 is 1.47 bits per heavy atom. The predicted molar refractivity (Wildman–Crippen MR) is 65.8 cm³/mol. The molecule has 1 N–H and O–H groups in total. The average molecular weight is 262 g/mol. The molecule has 0 radical (unpaired) electrons. The minimum absolute atomic E-state index is 0.0811. The smallest absolute Gasteiger partial charge is 0.358 e. The Morgan fingerprint density at radius 3 is 2.89 bits per heavy atom. The SMILES string of the molecule is COCc1c(C(=O)O)nnn1Cc1cncc(C)c1. The molecule has 0 aliphatic heterocycles. The fourth-order valence-corrected chi connectivity index (χ4v) is 1.78. The number of ether oxygens (including phenoxy) is 1. The Bertz CT molecular complexity index is 594. The largest absolute Gasteiger partial charge is 0.476 e. The maximum Gasteiger partial charge on any atom is 0.358 e. The Labute approximate surface area is 109 Å². The number of pyridine rings is 1. The molecule has 0 aliphatic carbocycles. The second-order valence-corrected chi connectivity index (χ2v) is 4.15. The van der Waals surface area contributed by atoms with E-state index < -0.39 is 5.97 Å². The van der Waals surface area contributed by atoms with Crippen LogP contribution < -0.4 is 0 Å². The number of carboxylic acid groups (broad SMARTS) is 1. The van der Waals surface area contributed by atoms with E-state index in [0.717, 1.165) is 11.1 Å². The summed E-state index contributed by atoms with van der Waals surface area (Å²) in [4.78, 5) is 15.1. The third-order valence-electron chi connectivity index (χ3n) is 2.59. The number of carboxylic acids is 1. The van der Waals surface area contributed by atoms with Crippen LogP contribution in [0.5, 0.6) is 0 Å². The van der Waals surface area contributed by atoms with Crippen molar-refractivity contribution in [2.24, 2.45) is 0 Å². The summed E-state index contributed by atoms with van der Waals surface area (Å²) in [6.45, 7) is 2.50. The summed E-state index contributed by atoms with van der Waals surface area (Å²) in [5, 5.41) is 16.6. The van der Waals surface area contributed by atoms with Gasteiger partial charge in [0.15, 0.2) is 5.69 Å². The number of aryl methyl sites for hydroxylation is 1. The monoisotopic (exact) mass is 262 g/mol. The average Bonchev–Trinajstić information content (AvgIpc) is 2.73. The van der Waals surface area contributed by atoms with Gasteiger partial charge in [-0.1, -0.05) is 11.3 Å². The molecule has 0 bridgehead atoms. The minimum Gasteiger partial charge on any atom is -0.476 e. The van der Waals surface area contributed by atoms with Crippen molar-refractivity contribution in [1.29, 1.82) is 0 Å². The maximum atomic E-state index is 11.0. The molecule has 0 fully saturated rings. The molecule has 0 spiro atoms. The second-order valence-electron chi connectivity index (χ2n) is 4.15. The van der Waals surface area contributed by atoms with Crippen molar-refractivity contribution in [3.63, 3.8) is 0 Å². The van der Waals surface area contributed by atoms with E-state index in [-0.39, 0.29) is 12.3 Å². The van der Waals surface area contributed by atoms with E-state index >= 15 is 0 Å². The topological polar surface area (TPSA) is 90.1 Å². The van der Waals surface area contributed by atoms with Crippen molar-refractivity contribution in [2.75, 3.05) is 7.11 Å². The normalized spacial score (nSPS) is 10.6. The zero-order valence-electron chi connectivity index (χ0n) is 10.7. The highest BCUT2D eigenvalue weighted by Crippen LogP contribution is 2.10. The van der Waals surface area contributed by atoms with Crippen LogP contribution in [-0.4, -0.2) is 38.2 Å². The lowest BCUT2D eigenvalue weighted by Gasteiger charge is -2.06. The van der Waals surface area contributed by atoms with Crippen molar-refractivity contribution in [2.45, 2.75) is 20.1 Å². The predicted octanol–water partition coefficient (Wildman–Crippen LogP) is 0.874. The zero-order valence-corrected chi connectivity index (χ0v) is 10.7. The van der Waals surface area contributed by atoms with Gasteiger partial charge in [-0.2, -0.15) is 0 Å². The van der Waals surface area contributed by atoms with Gasteiger partial charge in [0, 0.05) is 19.5 Å². The van der Waals surface area contributed by atoms with E-state index in [4.69, 9.17) is 9.84 Å². The van der Waals surface area contributed by atoms with Crippen LogP contribution in [0.25, 0.3) is 0 Å². The summed E-state index contributed by atoms with van der Waals surface area (Å²) >= 11 is 0. The van der Waals surface area contributed by atoms with Crippen molar-refractivity contribution in [1.82, 2.24) is 20.0 Å². The number of carbonyl (C=O) groups is 1. The minimum atomic E-state index is -1.11. The third kappa shape index (κ3) is 2.94. The van der Waals surface area contributed by atoms with Gasteiger partial charge in [0.1, 0.15) is 0 Å². The molecule has 19 heavy (non-hydrogen) atoms. The molecule has 7 nitrogen and oxygen atoms in total. The van der Waals surface area contributed by atoms with Crippen molar-refractivity contribution >= 4 is 5.97 Å². The third-order valence-corrected chi connectivity index (χ3v) is 2.59. The van der Waals surface area contributed by atoms with E-state index in [9.17, 15) is 4.79 Å². The first kappa shape index (κ1) is 13.2. The highest BCUT2D eigenvalue weighted by molar-refractivity contribution is 5.86. The number of hydrogen-bond acceptors (Lipinski definition) is 5. The first-order valence-corrected chi connectivity index (χ1v) is 5.67.